The molecule has 0 spiro atoms. The fraction of sp³-hybridized carbons (Fsp3) is 0.238. The zero-order chi connectivity index (χ0) is 21.0. The molecule has 1 saturated heterocycles. The average molecular weight is 430 g/mol. The maximum absolute atomic E-state index is 12.7. The second kappa shape index (κ2) is 8.78. The topological polar surface area (TPSA) is 81.5 Å². The van der Waals surface area contributed by atoms with Crippen LogP contribution in [-0.4, -0.2) is 49.7 Å². The van der Waals surface area contributed by atoms with Gasteiger partial charge in [-0.1, -0.05) is 23.7 Å². The van der Waals surface area contributed by atoms with Crippen LogP contribution in [0.25, 0.3) is 6.08 Å². The zero-order valence-corrected chi connectivity index (χ0v) is 17.4. The lowest BCUT2D eigenvalue weighted by Gasteiger charge is -2.33. The molecule has 1 amide bonds. The Hall–Kier alpha value is -2.66. The monoisotopic (exact) mass is 429 g/mol. The molecule has 0 aliphatic carbocycles. The Kier molecular flexibility index (Phi) is 6.38. The van der Waals surface area contributed by atoms with Gasteiger partial charge in [-0.05, 0) is 54.5 Å². The number of hydrogen-bond donors (Lipinski definition) is 0. The van der Waals surface area contributed by atoms with Crippen molar-refractivity contribution in [2.75, 3.05) is 26.2 Å². The minimum atomic E-state index is -3.65. The van der Waals surface area contributed by atoms with Crippen molar-refractivity contribution >= 4 is 33.6 Å². The van der Waals surface area contributed by atoms with E-state index in [0.29, 0.717) is 23.7 Å². The Morgan fingerprint density at radius 2 is 1.76 bits per heavy atom. The summed E-state index contributed by atoms with van der Waals surface area (Å²) < 4.78 is 26.9. The van der Waals surface area contributed by atoms with E-state index in [2.05, 4.69) is 0 Å². The van der Waals surface area contributed by atoms with E-state index in [1.807, 2.05) is 25.1 Å². The Bertz CT molecular complexity index is 1080. The van der Waals surface area contributed by atoms with Crippen molar-refractivity contribution in [1.82, 2.24) is 9.21 Å². The van der Waals surface area contributed by atoms with E-state index in [-0.39, 0.29) is 23.9 Å². The molecule has 1 aliphatic heterocycles. The summed E-state index contributed by atoms with van der Waals surface area (Å²) in [6, 6.07) is 13.4. The quantitative estimate of drug-likeness (QED) is 0.699. The van der Waals surface area contributed by atoms with Gasteiger partial charge in [0.2, 0.25) is 15.9 Å². The van der Waals surface area contributed by atoms with Crippen LogP contribution in [0.1, 0.15) is 16.7 Å². The van der Waals surface area contributed by atoms with E-state index >= 15 is 0 Å². The van der Waals surface area contributed by atoms with Gasteiger partial charge in [-0.25, -0.2) is 8.42 Å². The maximum Gasteiger partial charge on any atom is 0.246 e. The number of rotatable bonds is 4. The summed E-state index contributed by atoms with van der Waals surface area (Å²) in [7, 11) is -3.65. The molecule has 0 aromatic heterocycles. The fourth-order valence-electron chi connectivity index (χ4n) is 2.99. The van der Waals surface area contributed by atoms with Crippen LogP contribution in [0.5, 0.6) is 0 Å². The van der Waals surface area contributed by atoms with Gasteiger partial charge < -0.3 is 4.90 Å². The molecule has 0 unspecified atom stereocenters. The highest BCUT2D eigenvalue weighted by molar-refractivity contribution is 7.89. The summed E-state index contributed by atoms with van der Waals surface area (Å²) >= 11 is 6.10. The molecule has 150 valence electrons. The molecular weight excluding hydrogens is 410 g/mol. The number of hydrogen-bond acceptors (Lipinski definition) is 4. The summed E-state index contributed by atoms with van der Waals surface area (Å²) in [5, 5.41) is 9.48. The van der Waals surface area contributed by atoms with Gasteiger partial charge in [-0.15, -0.1) is 0 Å². The number of carbonyl (C=O) groups is 1. The van der Waals surface area contributed by atoms with Gasteiger partial charge in [0.15, 0.2) is 0 Å². The predicted octanol–water partition coefficient (Wildman–Crippen LogP) is 3.07. The second-order valence-corrected chi connectivity index (χ2v) is 9.05. The third-order valence-corrected chi connectivity index (χ3v) is 7.11. The maximum atomic E-state index is 12.7. The van der Waals surface area contributed by atoms with Gasteiger partial charge in [0.25, 0.3) is 0 Å². The number of sulfonamides is 1. The van der Waals surface area contributed by atoms with E-state index in [0.717, 1.165) is 11.1 Å². The summed E-state index contributed by atoms with van der Waals surface area (Å²) in [6.45, 7) is 2.98. The molecule has 0 saturated carbocycles. The Balaban J connectivity index is 1.61. The number of piperazine rings is 1. The van der Waals surface area contributed by atoms with Crippen molar-refractivity contribution in [2.45, 2.75) is 11.8 Å². The van der Waals surface area contributed by atoms with Crippen molar-refractivity contribution in [3.8, 4) is 6.07 Å². The van der Waals surface area contributed by atoms with Crippen LogP contribution in [0.15, 0.2) is 53.4 Å². The smallest absolute Gasteiger partial charge is 0.246 e. The fourth-order valence-corrected chi connectivity index (χ4v) is 4.60. The summed E-state index contributed by atoms with van der Waals surface area (Å²) in [6.07, 6.45) is 3.18. The number of benzene rings is 2. The number of carbonyl (C=O) groups excluding carboxylic acids is 1. The summed E-state index contributed by atoms with van der Waals surface area (Å²) in [5.41, 5.74) is 2.20. The summed E-state index contributed by atoms with van der Waals surface area (Å²) in [4.78, 5) is 14.2. The molecule has 1 fully saturated rings. The first kappa shape index (κ1) is 21.1. The SMILES string of the molecule is Cc1ccc(/C=C/C(=O)N2CCN(S(=O)(=O)c3ccc(C#N)cc3)CC2)cc1Cl. The molecule has 0 atom stereocenters. The zero-order valence-electron chi connectivity index (χ0n) is 15.9. The van der Waals surface area contributed by atoms with Crippen LogP contribution in [0, 0.1) is 18.3 Å². The van der Waals surface area contributed by atoms with Gasteiger partial charge >= 0.3 is 0 Å². The highest BCUT2D eigenvalue weighted by Gasteiger charge is 2.29. The van der Waals surface area contributed by atoms with Crippen molar-refractivity contribution in [3.63, 3.8) is 0 Å². The minimum Gasteiger partial charge on any atom is -0.337 e. The Morgan fingerprint density at radius 3 is 2.34 bits per heavy atom. The van der Waals surface area contributed by atoms with Crippen LogP contribution in [0.4, 0.5) is 0 Å². The number of halogens is 1. The van der Waals surface area contributed by atoms with Gasteiger partial charge in [0.05, 0.1) is 16.5 Å². The van der Waals surface area contributed by atoms with E-state index in [1.165, 1.54) is 34.6 Å². The number of amides is 1. The van der Waals surface area contributed by atoms with Gasteiger partial charge in [0.1, 0.15) is 0 Å². The largest absolute Gasteiger partial charge is 0.337 e. The lowest BCUT2D eigenvalue weighted by molar-refractivity contribution is -0.127. The van der Waals surface area contributed by atoms with Gasteiger partial charge in [0, 0.05) is 37.3 Å². The first-order valence-electron chi connectivity index (χ1n) is 9.05. The van der Waals surface area contributed by atoms with Gasteiger partial charge in [-0.2, -0.15) is 9.57 Å². The minimum absolute atomic E-state index is 0.146. The number of nitriles is 1. The van der Waals surface area contributed by atoms with E-state index in [9.17, 15) is 13.2 Å². The molecule has 1 heterocycles. The van der Waals surface area contributed by atoms with E-state index in [4.69, 9.17) is 16.9 Å². The molecule has 6 nitrogen and oxygen atoms in total. The molecule has 1 aliphatic rings. The highest BCUT2D eigenvalue weighted by Crippen LogP contribution is 2.19. The van der Waals surface area contributed by atoms with Crippen molar-refractivity contribution in [3.05, 3.63) is 70.3 Å². The highest BCUT2D eigenvalue weighted by atomic mass is 35.5. The van der Waals surface area contributed by atoms with Crippen LogP contribution in [-0.2, 0) is 14.8 Å². The molecule has 3 rings (SSSR count). The van der Waals surface area contributed by atoms with Crippen molar-refractivity contribution < 1.29 is 13.2 Å². The van der Waals surface area contributed by atoms with E-state index < -0.39 is 10.0 Å². The summed E-state index contributed by atoms with van der Waals surface area (Å²) in [5.74, 6) is -0.169. The molecule has 2 aromatic carbocycles. The number of aryl methyl sites for hydroxylation is 1. The Labute approximate surface area is 175 Å². The van der Waals surface area contributed by atoms with Crippen molar-refractivity contribution in [1.29, 1.82) is 5.26 Å². The molecule has 2 aromatic rings. The van der Waals surface area contributed by atoms with Crippen LogP contribution in [0.3, 0.4) is 0 Å². The van der Waals surface area contributed by atoms with Crippen molar-refractivity contribution in [2.24, 2.45) is 0 Å². The molecule has 0 N–H and O–H groups in total. The molecule has 8 heteroatoms. The number of nitrogens with zero attached hydrogens (tertiary/aromatic N) is 3. The molecular formula is C21H20ClN3O3S. The van der Waals surface area contributed by atoms with Gasteiger partial charge in [-0.3, -0.25) is 4.79 Å². The third-order valence-electron chi connectivity index (χ3n) is 4.79. The van der Waals surface area contributed by atoms with Crippen LogP contribution < -0.4 is 0 Å². The Morgan fingerprint density at radius 1 is 1.10 bits per heavy atom. The standard InChI is InChI=1S/C21H20ClN3O3S/c1-16-2-3-17(14-20(16)22)6-9-21(26)24-10-12-25(13-11-24)29(27,28)19-7-4-18(15-23)5-8-19/h2-9,14H,10-13H2,1H3/b9-6+. The first-order chi connectivity index (χ1) is 13.8. The lowest BCUT2D eigenvalue weighted by Crippen LogP contribution is -2.50. The van der Waals surface area contributed by atoms with Crippen LogP contribution in [0.2, 0.25) is 5.02 Å². The van der Waals surface area contributed by atoms with E-state index in [1.54, 1.807) is 17.0 Å². The first-order valence-corrected chi connectivity index (χ1v) is 10.9. The normalized spacial score (nSPS) is 15.4. The molecule has 0 bridgehead atoms. The predicted molar refractivity (Wildman–Crippen MR) is 112 cm³/mol. The lowest BCUT2D eigenvalue weighted by atomic mass is 10.1. The van der Waals surface area contributed by atoms with Crippen LogP contribution >= 0.6 is 11.6 Å². The molecule has 29 heavy (non-hydrogen) atoms. The third kappa shape index (κ3) is 4.85. The second-order valence-electron chi connectivity index (χ2n) is 6.71. The average Bonchev–Trinajstić information content (AvgIpc) is 2.74. The molecule has 0 radical (unpaired) electrons.